The zero-order chi connectivity index (χ0) is 10.4. The highest BCUT2D eigenvalue weighted by atomic mass is 16.2. The number of carbonyl (C=O) groups is 1. The predicted octanol–water partition coefficient (Wildman–Crippen LogP) is -0.240. The summed E-state index contributed by atoms with van der Waals surface area (Å²) < 4.78 is 0. The molecular formula is C10H21N3O. The molecule has 0 unspecified atom stereocenters. The van der Waals surface area contributed by atoms with Crippen LogP contribution in [0.3, 0.4) is 0 Å². The fourth-order valence-electron chi connectivity index (χ4n) is 1.72. The summed E-state index contributed by atoms with van der Waals surface area (Å²) in [5.74, 6) is 0.256. The SMILES string of the molecule is CNCCCN1CCCN(C)C(=O)C1. The van der Waals surface area contributed by atoms with Crippen molar-refractivity contribution >= 4 is 5.91 Å². The Kier molecular flexibility index (Phi) is 4.90. The Labute approximate surface area is 86.2 Å². The van der Waals surface area contributed by atoms with E-state index in [1.54, 1.807) is 0 Å². The van der Waals surface area contributed by atoms with Gasteiger partial charge in [-0.25, -0.2) is 0 Å². The lowest BCUT2D eigenvalue weighted by Crippen LogP contribution is -2.35. The molecule has 0 saturated carbocycles. The fraction of sp³-hybridized carbons (Fsp3) is 0.900. The van der Waals surface area contributed by atoms with Crippen molar-refractivity contribution in [1.29, 1.82) is 0 Å². The minimum Gasteiger partial charge on any atom is -0.345 e. The molecule has 4 nitrogen and oxygen atoms in total. The molecule has 0 atom stereocenters. The molecule has 82 valence electrons. The molecule has 1 rings (SSSR count). The van der Waals surface area contributed by atoms with Gasteiger partial charge in [-0.3, -0.25) is 9.69 Å². The third-order valence-corrected chi connectivity index (χ3v) is 2.65. The minimum atomic E-state index is 0.256. The second-order valence-corrected chi connectivity index (χ2v) is 3.90. The van der Waals surface area contributed by atoms with Crippen molar-refractivity contribution in [3.63, 3.8) is 0 Å². The molecule has 1 N–H and O–H groups in total. The second-order valence-electron chi connectivity index (χ2n) is 3.90. The van der Waals surface area contributed by atoms with Crippen molar-refractivity contribution in [2.24, 2.45) is 0 Å². The topological polar surface area (TPSA) is 35.6 Å². The number of carbonyl (C=O) groups excluding carboxylic acids is 1. The quantitative estimate of drug-likeness (QED) is 0.635. The number of likely N-dealkylation sites (N-methyl/N-ethyl adjacent to an activating group) is 1. The van der Waals surface area contributed by atoms with Crippen LogP contribution >= 0.6 is 0 Å². The Morgan fingerprint density at radius 1 is 1.43 bits per heavy atom. The third kappa shape index (κ3) is 3.64. The van der Waals surface area contributed by atoms with Gasteiger partial charge in [0.1, 0.15) is 0 Å². The van der Waals surface area contributed by atoms with E-state index in [2.05, 4.69) is 10.2 Å². The van der Waals surface area contributed by atoms with E-state index in [1.807, 2.05) is 19.0 Å². The third-order valence-electron chi connectivity index (χ3n) is 2.65. The van der Waals surface area contributed by atoms with Gasteiger partial charge in [-0.15, -0.1) is 0 Å². The van der Waals surface area contributed by atoms with Crippen LogP contribution in [0.25, 0.3) is 0 Å². The predicted molar refractivity (Wildman–Crippen MR) is 57.2 cm³/mol. The molecule has 0 bridgehead atoms. The molecule has 1 saturated heterocycles. The van der Waals surface area contributed by atoms with E-state index in [1.165, 1.54) is 0 Å². The summed E-state index contributed by atoms with van der Waals surface area (Å²) in [6, 6.07) is 0. The van der Waals surface area contributed by atoms with Crippen molar-refractivity contribution in [1.82, 2.24) is 15.1 Å². The first-order chi connectivity index (χ1) is 6.74. The standard InChI is InChI=1S/C10H21N3O/c1-11-5-3-7-13-8-4-6-12(2)10(14)9-13/h11H,3-9H2,1-2H3. The molecule has 4 heteroatoms. The van der Waals surface area contributed by atoms with Gasteiger partial charge < -0.3 is 10.2 Å². The summed E-state index contributed by atoms with van der Waals surface area (Å²) >= 11 is 0. The monoisotopic (exact) mass is 199 g/mol. The molecule has 0 aromatic rings. The van der Waals surface area contributed by atoms with Gasteiger partial charge in [-0.2, -0.15) is 0 Å². The lowest BCUT2D eigenvalue weighted by atomic mass is 10.3. The molecule has 1 amide bonds. The molecule has 14 heavy (non-hydrogen) atoms. The summed E-state index contributed by atoms with van der Waals surface area (Å²) in [6.07, 6.45) is 2.22. The maximum atomic E-state index is 11.5. The molecule has 0 spiro atoms. The molecular weight excluding hydrogens is 178 g/mol. The summed E-state index contributed by atoms with van der Waals surface area (Å²) in [6.45, 7) is 4.61. The summed E-state index contributed by atoms with van der Waals surface area (Å²) in [7, 11) is 3.85. The normalized spacial score (nSPS) is 19.9. The van der Waals surface area contributed by atoms with Gasteiger partial charge in [0, 0.05) is 20.1 Å². The minimum absolute atomic E-state index is 0.256. The van der Waals surface area contributed by atoms with Crippen molar-refractivity contribution in [3.8, 4) is 0 Å². The first-order valence-corrected chi connectivity index (χ1v) is 5.35. The van der Waals surface area contributed by atoms with Crippen LogP contribution < -0.4 is 5.32 Å². The lowest BCUT2D eigenvalue weighted by molar-refractivity contribution is -0.129. The van der Waals surface area contributed by atoms with Gasteiger partial charge in [0.2, 0.25) is 5.91 Å². The van der Waals surface area contributed by atoms with E-state index < -0.39 is 0 Å². The van der Waals surface area contributed by atoms with Gasteiger partial charge in [-0.05, 0) is 33.0 Å². The van der Waals surface area contributed by atoms with Crippen molar-refractivity contribution in [2.75, 3.05) is 46.8 Å². The van der Waals surface area contributed by atoms with Crippen LogP contribution in [0, 0.1) is 0 Å². The summed E-state index contributed by atoms with van der Waals surface area (Å²) in [4.78, 5) is 15.6. The summed E-state index contributed by atoms with van der Waals surface area (Å²) in [5.41, 5.74) is 0. The average Bonchev–Trinajstić information content (AvgIpc) is 2.31. The van der Waals surface area contributed by atoms with Crippen LogP contribution in [0.15, 0.2) is 0 Å². The number of hydrogen-bond donors (Lipinski definition) is 1. The number of nitrogens with zero attached hydrogens (tertiary/aromatic N) is 2. The van der Waals surface area contributed by atoms with E-state index in [-0.39, 0.29) is 5.91 Å². The molecule has 0 aromatic carbocycles. The maximum absolute atomic E-state index is 11.5. The van der Waals surface area contributed by atoms with Gasteiger partial charge in [0.15, 0.2) is 0 Å². The average molecular weight is 199 g/mol. The van der Waals surface area contributed by atoms with E-state index in [0.29, 0.717) is 6.54 Å². The largest absolute Gasteiger partial charge is 0.345 e. The summed E-state index contributed by atoms with van der Waals surface area (Å²) in [5, 5.41) is 3.12. The Morgan fingerprint density at radius 3 is 2.93 bits per heavy atom. The molecule has 1 heterocycles. The Morgan fingerprint density at radius 2 is 2.21 bits per heavy atom. The van der Waals surface area contributed by atoms with E-state index >= 15 is 0 Å². The molecule has 0 aliphatic carbocycles. The first-order valence-electron chi connectivity index (χ1n) is 5.35. The zero-order valence-corrected chi connectivity index (χ0v) is 9.25. The van der Waals surface area contributed by atoms with Crippen LogP contribution in [0.2, 0.25) is 0 Å². The van der Waals surface area contributed by atoms with E-state index in [9.17, 15) is 4.79 Å². The second kappa shape index (κ2) is 5.98. The highest BCUT2D eigenvalue weighted by Gasteiger charge is 2.17. The van der Waals surface area contributed by atoms with E-state index in [4.69, 9.17) is 0 Å². The molecule has 1 aliphatic heterocycles. The Bertz CT molecular complexity index is 184. The van der Waals surface area contributed by atoms with E-state index in [0.717, 1.165) is 39.0 Å². The Balaban J connectivity index is 2.27. The van der Waals surface area contributed by atoms with Crippen molar-refractivity contribution in [2.45, 2.75) is 12.8 Å². The first kappa shape index (κ1) is 11.5. The number of hydrogen-bond acceptors (Lipinski definition) is 3. The van der Waals surface area contributed by atoms with Crippen LogP contribution in [-0.2, 0) is 4.79 Å². The highest BCUT2D eigenvalue weighted by Crippen LogP contribution is 2.02. The zero-order valence-electron chi connectivity index (χ0n) is 9.25. The number of rotatable bonds is 4. The smallest absolute Gasteiger partial charge is 0.236 e. The maximum Gasteiger partial charge on any atom is 0.236 e. The van der Waals surface area contributed by atoms with Crippen LogP contribution in [-0.4, -0.2) is 62.5 Å². The fourth-order valence-corrected chi connectivity index (χ4v) is 1.72. The van der Waals surface area contributed by atoms with Gasteiger partial charge in [0.25, 0.3) is 0 Å². The van der Waals surface area contributed by atoms with Gasteiger partial charge in [0.05, 0.1) is 6.54 Å². The highest BCUT2D eigenvalue weighted by molar-refractivity contribution is 5.78. The van der Waals surface area contributed by atoms with Crippen LogP contribution in [0.1, 0.15) is 12.8 Å². The molecule has 0 aromatic heterocycles. The molecule has 1 fully saturated rings. The van der Waals surface area contributed by atoms with Crippen molar-refractivity contribution in [3.05, 3.63) is 0 Å². The number of amides is 1. The number of nitrogens with one attached hydrogen (secondary N) is 1. The Hall–Kier alpha value is -0.610. The molecule has 0 radical (unpaired) electrons. The van der Waals surface area contributed by atoms with Crippen molar-refractivity contribution < 1.29 is 4.79 Å². The lowest BCUT2D eigenvalue weighted by Gasteiger charge is -2.18. The van der Waals surface area contributed by atoms with Gasteiger partial charge >= 0.3 is 0 Å². The van der Waals surface area contributed by atoms with Gasteiger partial charge in [-0.1, -0.05) is 0 Å². The van der Waals surface area contributed by atoms with Crippen LogP contribution in [0.5, 0.6) is 0 Å². The molecule has 1 aliphatic rings. The van der Waals surface area contributed by atoms with Crippen LogP contribution in [0.4, 0.5) is 0 Å².